The first-order valence-corrected chi connectivity index (χ1v) is 6.84. The minimum absolute atomic E-state index is 0.0241. The fraction of sp³-hybridized carbons (Fsp3) is 0.417. The molecule has 2 unspecified atom stereocenters. The summed E-state index contributed by atoms with van der Waals surface area (Å²) in [6.45, 7) is 0. The van der Waals surface area contributed by atoms with Crippen LogP contribution in [0.5, 0.6) is 0 Å². The number of rotatable bonds is 7. The summed E-state index contributed by atoms with van der Waals surface area (Å²) in [5.41, 5.74) is -0.188. The summed E-state index contributed by atoms with van der Waals surface area (Å²) in [4.78, 5) is 51.4. The Labute approximate surface area is 138 Å². The van der Waals surface area contributed by atoms with E-state index >= 15 is 0 Å². The minimum Gasteiger partial charge on any atom is -0.459 e. The van der Waals surface area contributed by atoms with Crippen LogP contribution < -0.4 is 0 Å². The molecule has 25 heavy (non-hydrogen) atoms. The number of nitrogens with zero attached hydrogens (tertiary/aromatic N) is 3. The molecule has 1 aromatic rings. The van der Waals surface area contributed by atoms with E-state index < -0.39 is 39.4 Å². The van der Waals surface area contributed by atoms with Gasteiger partial charge >= 0.3 is 5.97 Å². The second-order valence-electron chi connectivity index (χ2n) is 5.04. The lowest BCUT2D eigenvalue weighted by atomic mass is 10.2. The molecule has 1 aliphatic carbocycles. The summed E-state index contributed by atoms with van der Waals surface area (Å²) >= 11 is 0. The average molecular weight is 357 g/mol. The number of carbonyl (C=O) groups excluding carboxylic acids is 1. The number of ether oxygens (including phenoxy) is 1. The van der Waals surface area contributed by atoms with E-state index in [0.29, 0.717) is 0 Å². The first-order valence-electron chi connectivity index (χ1n) is 6.84. The Morgan fingerprint density at radius 3 is 1.80 bits per heavy atom. The lowest BCUT2D eigenvalue weighted by molar-refractivity contribution is -0.797. The quantitative estimate of drug-likeness (QED) is 0.390. The second kappa shape index (κ2) is 7.37. The van der Waals surface area contributed by atoms with E-state index in [1.165, 1.54) is 12.1 Å². The van der Waals surface area contributed by atoms with Gasteiger partial charge in [-0.1, -0.05) is 0 Å². The van der Waals surface area contributed by atoms with Crippen molar-refractivity contribution >= 4 is 11.7 Å². The smallest absolute Gasteiger partial charge is 0.338 e. The highest BCUT2D eigenvalue weighted by Crippen LogP contribution is 2.29. The van der Waals surface area contributed by atoms with E-state index in [1.54, 1.807) is 0 Å². The van der Waals surface area contributed by atoms with Gasteiger partial charge in [0.15, 0.2) is 0 Å². The summed E-state index contributed by atoms with van der Waals surface area (Å²) in [6, 6.07) is 4.60. The van der Waals surface area contributed by atoms with Gasteiger partial charge in [-0.05, 0) is 12.1 Å². The second-order valence-corrected chi connectivity index (χ2v) is 5.04. The number of non-ortho nitro benzene ring substituents is 1. The molecule has 0 heterocycles. The van der Waals surface area contributed by atoms with Crippen LogP contribution in [0.1, 0.15) is 23.2 Å². The maximum atomic E-state index is 12.0. The van der Waals surface area contributed by atoms with Gasteiger partial charge in [0.2, 0.25) is 0 Å². The van der Waals surface area contributed by atoms with Crippen LogP contribution in [0.4, 0.5) is 5.69 Å². The molecule has 0 aromatic heterocycles. The van der Waals surface area contributed by atoms with Crippen LogP contribution in [0, 0.1) is 30.3 Å². The zero-order valence-corrected chi connectivity index (χ0v) is 12.4. The Morgan fingerprint density at radius 1 is 0.920 bits per heavy atom. The van der Waals surface area contributed by atoms with Gasteiger partial charge < -0.3 is 14.4 Å². The van der Waals surface area contributed by atoms with Crippen molar-refractivity contribution in [2.24, 2.45) is 0 Å². The Balaban J connectivity index is 2.01. The number of esters is 1. The number of hydrogen-bond donors (Lipinski definition) is 0. The number of nitro groups is 1. The fourth-order valence-corrected chi connectivity index (χ4v) is 2.40. The zero-order chi connectivity index (χ0) is 18.6. The van der Waals surface area contributed by atoms with Crippen molar-refractivity contribution in [2.75, 3.05) is 0 Å². The molecule has 0 spiro atoms. The van der Waals surface area contributed by atoms with Crippen molar-refractivity contribution in [3.8, 4) is 0 Å². The van der Waals surface area contributed by atoms with Gasteiger partial charge in [-0.15, -0.1) is 20.2 Å². The van der Waals surface area contributed by atoms with Gasteiger partial charge in [-0.25, -0.2) is 4.79 Å². The Kier molecular flexibility index (Phi) is 5.26. The van der Waals surface area contributed by atoms with E-state index in [1.807, 2.05) is 0 Å². The first kappa shape index (κ1) is 17.8. The first-order chi connectivity index (χ1) is 11.8. The normalized spacial score (nSPS) is 22.0. The third-order valence-electron chi connectivity index (χ3n) is 3.44. The van der Waals surface area contributed by atoms with Crippen molar-refractivity contribution < 1.29 is 34.3 Å². The Bertz CT molecular complexity index is 667. The number of benzene rings is 1. The van der Waals surface area contributed by atoms with Gasteiger partial charge in [0.25, 0.3) is 15.9 Å². The molecule has 1 aromatic carbocycles. The van der Waals surface area contributed by atoms with Crippen LogP contribution in [-0.2, 0) is 14.4 Å². The largest absolute Gasteiger partial charge is 0.459 e. The predicted octanol–water partition coefficient (Wildman–Crippen LogP) is 1.07. The zero-order valence-electron chi connectivity index (χ0n) is 12.4. The minimum atomic E-state index is -1.25. The van der Waals surface area contributed by atoms with Crippen molar-refractivity contribution in [3.05, 3.63) is 60.2 Å². The Morgan fingerprint density at radius 2 is 1.40 bits per heavy atom. The summed E-state index contributed by atoms with van der Waals surface area (Å²) in [7, 11) is 0. The molecule has 0 amide bonds. The molecule has 13 nitrogen and oxygen atoms in total. The molecule has 0 radical (unpaired) electrons. The maximum absolute atomic E-state index is 12.0. The molecule has 1 saturated carbocycles. The molecule has 1 fully saturated rings. The van der Waals surface area contributed by atoms with E-state index in [0.717, 1.165) is 12.1 Å². The number of hydrogen-bond acceptors (Lipinski definition) is 10. The molecule has 13 heteroatoms. The lowest BCUT2D eigenvalue weighted by Gasteiger charge is -2.14. The highest BCUT2D eigenvalue weighted by molar-refractivity contribution is 5.89. The third kappa shape index (κ3) is 4.73. The number of nitro benzene ring substituents is 1. The van der Waals surface area contributed by atoms with Crippen LogP contribution in [0.25, 0.3) is 0 Å². The molecular weight excluding hydrogens is 346 g/mol. The molecule has 0 bridgehead atoms. The van der Waals surface area contributed by atoms with Crippen LogP contribution in [0.15, 0.2) is 24.3 Å². The van der Waals surface area contributed by atoms with Gasteiger partial charge in [0.05, 0.1) is 10.5 Å². The predicted molar refractivity (Wildman–Crippen MR) is 75.3 cm³/mol. The fourth-order valence-electron chi connectivity index (χ4n) is 2.40. The molecule has 1 aliphatic rings. The van der Waals surface area contributed by atoms with Crippen molar-refractivity contribution in [3.63, 3.8) is 0 Å². The van der Waals surface area contributed by atoms with Crippen molar-refractivity contribution in [1.29, 1.82) is 0 Å². The van der Waals surface area contributed by atoms with Gasteiger partial charge in [-0.2, -0.15) is 0 Å². The third-order valence-corrected chi connectivity index (χ3v) is 3.44. The van der Waals surface area contributed by atoms with Gasteiger partial charge in [0, 0.05) is 25.0 Å². The van der Waals surface area contributed by atoms with Gasteiger partial charge in [0.1, 0.15) is 18.3 Å². The molecule has 2 atom stereocenters. The summed E-state index contributed by atoms with van der Waals surface area (Å²) in [5, 5.41) is 29.2. The molecule has 0 N–H and O–H groups in total. The van der Waals surface area contributed by atoms with E-state index in [-0.39, 0.29) is 24.1 Å². The van der Waals surface area contributed by atoms with Crippen LogP contribution in [0.3, 0.4) is 0 Å². The Hall–Kier alpha value is -3.51. The lowest BCUT2D eigenvalue weighted by Crippen LogP contribution is -2.30. The monoisotopic (exact) mass is 357 g/mol. The SMILES string of the molecule is O=C(OC1CC(O[N+](=O)[O-])C(O[N+](=O)[O-])C1)c1ccc([N+](=O)[O-])cc1. The van der Waals surface area contributed by atoms with Crippen LogP contribution in [0.2, 0.25) is 0 Å². The standard InChI is InChI=1S/C12H11N3O10/c16-12(7-1-3-8(4-2-7)13(17)18)23-9-5-10(24-14(19)20)11(6-9)25-15(21)22/h1-4,9-11H,5-6H2. The van der Waals surface area contributed by atoms with Crippen LogP contribution in [-0.4, -0.2) is 39.4 Å². The number of carbonyl (C=O) groups is 1. The molecule has 2 rings (SSSR count). The van der Waals surface area contributed by atoms with Crippen molar-refractivity contribution in [2.45, 2.75) is 31.2 Å². The van der Waals surface area contributed by atoms with E-state index in [2.05, 4.69) is 9.68 Å². The van der Waals surface area contributed by atoms with Gasteiger partial charge in [-0.3, -0.25) is 10.1 Å². The average Bonchev–Trinajstić information content (AvgIpc) is 2.87. The molecule has 0 aliphatic heterocycles. The summed E-state index contributed by atoms with van der Waals surface area (Å²) < 4.78 is 5.11. The maximum Gasteiger partial charge on any atom is 0.338 e. The molecule has 0 saturated heterocycles. The highest BCUT2D eigenvalue weighted by Gasteiger charge is 2.41. The topological polar surface area (TPSA) is 174 Å². The molecular formula is C12H11N3O10. The van der Waals surface area contributed by atoms with Crippen LogP contribution >= 0.6 is 0 Å². The summed E-state index contributed by atoms with van der Waals surface area (Å²) in [6.07, 6.45) is -3.75. The highest BCUT2D eigenvalue weighted by atomic mass is 17.0. The van der Waals surface area contributed by atoms with E-state index in [9.17, 15) is 35.1 Å². The molecule has 134 valence electrons. The van der Waals surface area contributed by atoms with E-state index in [4.69, 9.17) is 4.74 Å². The van der Waals surface area contributed by atoms with Crippen molar-refractivity contribution in [1.82, 2.24) is 0 Å². The summed E-state index contributed by atoms with van der Waals surface area (Å²) in [5.74, 6) is -0.832.